The summed E-state index contributed by atoms with van der Waals surface area (Å²) < 4.78 is 7.22. The van der Waals surface area contributed by atoms with Crippen LogP contribution >= 0.6 is 0 Å². The molecule has 28 heavy (non-hydrogen) atoms. The van der Waals surface area contributed by atoms with Gasteiger partial charge < -0.3 is 14.6 Å². The zero-order valence-corrected chi connectivity index (χ0v) is 16.7. The van der Waals surface area contributed by atoms with Crippen LogP contribution in [-0.4, -0.2) is 51.2 Å². The van der Waals surface area contributed by atoms with Crippen molar-refractivity contribution in [1.82, 2.24) is 25.0 Å². The van der Waals surface area contributed by atoms with Gasteiger partial charge in [0.05, 0.1) is 22.9 Å². The normalized spacial score (nSPS) is 16.0. The summed E-state index contributed by atoms with van der Waals surface area (Å²) in [5.74, 6) is 0.577. The Balaban J connectivity index is 1.63. The zero-order valence-electron chi connectivity index (χ0n) is 16.7. The number of likely N-dealkylation sites (tertiary alicyclic amines) is 1. The van der Waals surface area contributed by atoms with E-state index in [1.54, 1.807) is 10.9 Å². The standard InChI is InChI=1S/C21H27N5O2/c1-4-9-26-10-7-15(8-11-26)22-21(27)16-13-17(18-6-5-12-28-18)23-20-19(16)14(2)24-25(20)3/h5-6,12-13,15H,4,7-11H2,1-3H3,(H,22,27). The van der Waals surface area contributed by atoms with Crippen molar-refractivity contribution in [3.05, 3.63) is 35.7 Å². The number of nitrogens with zero attached hydrogens (tertiary/aromatic N) is 4. The monoisotopic (exact) mass is 381 g/mol. The van der Waals surface area contributed by atoms with Crippen molar-refractivity contribution in [3.63, 3.8) is 0 Å². The Morgan fingerprint density at radius 1 is 1.36 bits per heavy atom. The molecule has 4 heterocycles. The van der Waals surface area contributed by atoms with E-state index in [9.17, 15) is 4.79 Å². The molecule has 1 aliphatic heterocycles. The van der Waals surface area contributed by atoms with Gasteiger partial charge in [-0.2, -0.15) is 5.10 Å². The number of aryl methyl sites for hydroxylation is 2. The molecule has 3 aromatic heterocycles. The van der Waals surface area contributed by atoms with Gasteiger partial charge in [0.15, 0.2) is 11.4 Å². The highest BCUT2D eigenvalue weighted by molar-refractivity contribution is 6.07. The number of carbonyl (C=O) groups is 1. The highest BCUT2D eigenvalue weighted by atomic mass is 16.3. The summed E-state index contributed by atoms with van der Waals surface area (Å²) in [6.07, 6.45) is 4.75. The second kappa shape index (κ2) is 7.75. The van der Waals surface area contributed by atoms with Gasteiger partial charge >= 0.3 is 0 Å². The van der Waals surface area contributed by atoms with E-state index in [0.29, 0.717) is 22.7 Å². The number of piperidine rings is 1. The Morgan fingerprint density at radius 3 is 2.82 bits per heavy atom. The van der Waals surface area contributed by atoms with E-state index in [1.807, 2.05) is 32.2 Å². The molecule has 0 aromatic carbocycles. The third-order valence-electron chi connectivity index (χ3n) is 5.45. The van der Waals surface area contributed by atoms with Crippen LogP contribution in [0.5, 0.6) is 0 Å². The smallest absolute Gasteiger partial charge is 0.252 e. The number of nitrogens with one attached hydrogen (secondary N) is 1. The van der Waals surface area contributed by atoms with E-state index in [0.717, 1.165) is 43.6 Å². The molecule has 0 aliphatic carbocycles. The van der Waals surface area contributed by atoms with Crippen LogP contribution in [0.25, 0.3) is 22.5 Å². The van der Waals surface area contributed by atoms with Crippen LogP contribution < -0.4 is 5.32 Å². The van der Waals surface area contributed by atoms with Gasteiger partial charge in [0.25, 0.3) is 5.91 Å². The molecule has 7 heteroatoms. The van der Waals surface area contributed by atoms with E-state index in [1.165, 1.54) is 6.42 Å². The summed E-state index contributed by atoms with van der Waals surface area (Å²) in [6, 6.07) is 5.69. The molecule has 1 aliphatic rings. The minimum absolute atomic E-state index is 0.0646. The SMILES string of the molecule is CCCN1CCC(NC(=O)c2cc(-c3ccco3)nc3c2c(C)nn3C)CC1. The van der Waals surface area contributed by atoms with Gasteiger partial charge in [0.1, 0.15) is 5.69 Å². The van der Waals surface area contributed by atoms with Crippen LogP contribution in [0.15, 0.2) is 28.9 Å². The molecule has 1 saturated heterocycles. The Bertz CT molecular complexity index is 969. The van der Waals surface area contributed by atoms with Crippen molar-refractivity contribution in [2.24, 2.45) is 7.05 Å². The van der Waals surface area contributed by atoms with E-state index >= 15 is 0 Å². The average molecular weight is 381 g/mol. The predicted octanol–water partition coefficient (Wildman–Crippen LogP) is 3.14. The summed E-state index contributed by atoms with van der Waals surface area (Å²) in [4.78, 5) is 20.3. The number of fused-ring (bicyclic) bond motifs is 1. The summed E-state index contributed by atoms with van der Waals surface area (Å²) in [6.45, 7) is 7.32. The molecule has 3 aromatic rings. The summed E-state index contributed by atoms with van der Waals surface area (Å²) in [5, 5.41) is 8.51. The number of hydrogen-bond acceptors (Lipinski definition) is 5. The van der Waals surface area contributed by atoms with E-state index in [4.69, 9.17) is 4.42 Å². The second-order valence-corrected chi connectivity index (χ2v) is 7.53. The molecule has 1 N–H and O–H groups in total. The molecule has 148 valence electrons. The van der Waals surface area contributed by atoms with Gasteiger partial charge in [-0.05, 0) is 50.9 Å². The molecule has 7 nitrogen and oxygen atoms in total. The average Bonchev–Trinajstić information content (AvgIpc) is 3.32. The molecule has 0 radical (unpaired) electrons. The van der Waals surface area contributed by atoms with Crippen molar-refractivity contribution in [3.8, 4) is 11.5 Å². The highest BCUT2D eigenvalue weighted by Gasteiger charge is 2.24. The fourth-order valence-electron chi connectivity index (χ4n) is 4.05. The number of aromatic nitrogens is 3. The van der Waals surface area contributed by atoms with Gasteiger partial charge in [0, 0.05) is 26.2 Å². The molecular formula is C21H27N5O2. The molecule has 1 fully saturated rings. The first-order chi connectivity index (χ1) is 13.6. The molecule has 0 bridgehead atoms. The third kappa shape index (κ3) is 3.54. The van der Waals surface area contributed by atoms with Crippen molar-refractivity contribution in [2.45, 2.75) is 39.2 Å². The predicted molar refractivity (Wildman–Crippen MR) is 108 cm³/mol. The quantitative estimate of drug-likeness (QED) is 0.735. The van der Waals surface area contributed by atoms with Gasteiger partial charge in [-0.15, -0.1) is 0 Å². The molecule has 0 unspecified atom stereocenters. The summed E-state index contributed by atoms with van der Waals surface area (Å²) in [5.41, 5.74) is 2.75. The lowest BCUT2D eigenvalue weighted by Crippen LogP contribution is -2.44. The van der Waals surface area contributed by atoms with Gasteiger partial charge in [-0.25, -0.2) is 4.98 Å². The van der Waals surface area contributed by atoms with Crippen LogP contribution in [0.1, 0.15) is 42.2 Å². The fourth-order valence-corrected chi connectivity index (χ4v) is 4.05. The fraction of sp³-hybridized carbons (Fsp3) is 0.476. The number of furan rings is 1. The molecule has 0 spiro atoms. The van der Waals surface area contributed by atoms with Crippen LogP contribution in [0.4, 0.5) is 0 Å². The molecule has 4 rings (SSSR count). The molecular weight excluding hydrogens is 354 g/mol. The minimum atomic E-state index is -0.0646. The Labute approximate surface area is 164 Å². The van der Waals surface area contributed by atoms with Crippen molar-refractivity contribution < 1.29 is 9.21 Å². The molecule has 1 amide bonds. The maximum absolute atomic E-state index is 13.2. The first-order valence-electron chi connectivity index (χ1n) is 9.98. The number of carbonyl (C=O) groups excluding carboxylic acids is 1. The van der Waals surface area contributed by atoms with E-state index < -0.39 is 0 Å². The van der Waals surface area contributed by atoms with Crippen LogP contribution in [-0.2, 0) is 7.05 Å². The van der Waals surface area contributed by atoms with Crippen LogP contribution in [0, 0.1) is 6.92 Å². The van der Waals surface area contributed by atoms with Crippen LogP contribution in [0.2, 0.25) is 0 Å². The van der Waals surface area contributed by atoms with Gasteiger partial charge in [-0.3, -0.25) is 9.48 Å². The maximum atomic E-state index is 13.2. The Kier molecular flexibility index (Phi) is 5.17. The lowest BCUT2D eigenvalue weighted by atomic mass is 10.0. The third-order valence-corrected chi connectivity index (χ3v) is 5.45. The summed E-state index contributed by atoms with van der Waals surface area (Å²) in [7, 11) is 1.85. The maximum Gasteiger partial charge on any atom is 0.252 e. The number of amides is 1. The molecule has 0 atom stereocenters. The number of hydrogen-bond donors (Lipinski definition) is 1. The molecule has 0 saturated carbocycles. The van der Waals surface area contributed by atoms with Crippen molar-refractivity contribution in [1.29, 1.82) is 0 Å². The van der Waals surface area contributed by atoms with Gasteiger partial charge in [0.2, 0.25) is 0 Å². The lowest BCUT2D eigenvalue weighted by molar-refractivity contribution is 0.0912. The minimum Gasteiger partial charge on any atom is -0.463 e. The van der Waals surface area contributed by atoms with E-state index in [2.05, 4.69) is 27.2 Å². The lowest BCUT2D eigenvalue weighted by Gasteiger charge is -2.32. The van der Waals surface area contributed by atoms with Crippen molar-refractivity contribution >= 4 is 16.9 Å². The Hall–Kier alpha value is -2.67. The topological polar surface area (TPSA) is 76.2 Å². The number of rotatable bonds is 5. The van der Waals surface area contributed by atoms with Crippen molar-refractivity contribution in [2.75, 3.05) is 19.6 Å². The zero-order chi connectivity index (χ0) is 19.7. The van der Waals surface area contributed by atoms with Crippen LogP contribution in [0.3, 0.4) is 0 Å². The first kappa shape index (κ1) is 18.7. The highest BCUT2D eigenvalue weighted by Crippen LogP contribution is 2.27. The Morgan fingerprint density at radius 2 is 2.14 bits per heavy atom. The second-order valence-electron chi connectivity index (χ2n) is 7.53. The number of pyridine rings is 1. The van der Waals surface area contributed by atoms with E-state index in [-0.39, 0.29) is 11.9 Å². The first-order valence-corrected chi connectivity index (χ1v) is 9.98. The largest absolute Gasteiger partial charge is 0.463 e. The summed E-state index contributed by atoms with van der Waals surface area (Å²) >= 11 is 0. The van der Waals surface area contributed by atoms with Gasteiger partial charge in [-0.1, -0.05) is 6.92 Å².